The number of hydrogen-bond donors (Lipinski definition) is 1. The topological polar surface area (TPSA) is 67.5 Å². The van der Waals surface area contributed by atoms with Crippen LogP contribution in [0.15, 0.2) is 57.7 Å². The molecule has 4 rings (SSSR count). The molecule has 1 fully saturated rings. The van der Waals surface area contributed by atoms with Crippen molar-refractivity contribution in [3.05, 3.63) is 70.2 Å². The highest BCUT2D eigenvalue weighted by atomic mass is 16.4. The van der Waals surface area contributed by atoms with Gasteiger partial charge in [0, 0.05) is 26.2 Å². The summed E-state index contributed by atoms with van der Waals surface area (Å²) in [5.74, 6) is 0.767. The van der Waals surface area contributed by atoms with Crippen LogP contribution in [0.2, 0.25) is 0 Å². The molecular formula is C25H31N3O3. The summed E-state index contributed by atoms with van der Waals surface area (Å²) in [6.07, 6.45) is 1.31. The van der Waals surface area contributed by atoms with Crippen LogP contribution in [-0.2, 0) is 17.9 Å². The Morgan fingerprint density at radius 3 is 2.42 bits per heavy atom. The number of piperidine rings is 1. The minimum absolute atomic E-state index is 0.214. The normalized spacial score (nSPS) is 20.6. The van der Waals surface area contributed by atoms with E-state index in [0.717, 1.165) is 37.0 Å². The Balaban J connectivity index is 1.35. The number of carbonyl (C=O) groups is 1. The van der Waals surface area contributed by atoms with E-state index >= 15 is 0 Å². The molecule has 31 heavy (non-hydrogen) atoms. The van der Waals surface area contributed by atoms with E-state index in [1.807, 2.05) is 6.07 Å². The number of aromatic nitrogens is 1. The van der Waals surface area contributed by atoms with Crippen molar-refractivity contribution < 1.29 is 9.21 Å². The Morgan fingerprint density at radius 1 is 1.06 bits per heavy atom. The predicted molar refractivity (Wildman–Crippen MR) is 122 cm³/mol. The highest BCUT2D eigenvalue weighted by Crippen LogP contribution is 2.22. The molecule has 0 aliphatic carbocycles. The smallest absolute Gasteiger partial charge is 0.408 e. The molecule has 0 spiro atoms. The zero-order valence-electron chi connectivity index (χ0n) is 18.5. The van der Waals surface area contributed by atoms with E-state index in [2.05, 4.69) is 48.3 Å². The first kappa shape index (κ1) is 21.4. The Hall–Kier alpha value is -2.86. The summed E-state index contributed by atoms with van der Waals surface area (Å²) in [5, 5.41) is 2.94. The third-order valence-corrected chi connectivity index (χ3v) is 6.13. The van der Waals surface area contributed by atoms with E-state index in [0.29, 0.717) is 17.6 Å². The van der Waals surface area contributed by atoms with Gasteiger partial charge in [0.05, 0.1) is 5.52 Å². The molecule has 1 saturated heterocycles. The average Bonchev–Trinajstić information content (AvgIpc) is 3.07. The maximum atomic E-state index is 12.7. The van der Waals surface area contributed by atoms with Crippen LogP contribution in [0.1, 0.15) is 44.4 Å². The summed E-state index contributed by atoms with van der Waals surface area (Å²) in [5.41, 5.74) is 3.44. The number of amides is 1. The van der Waals surface area contributed by atoms with E-state index in [4.69, 9.17) is 4.42 Å². The van der Waals surface area contributed by atoms with Crippen LogP contribution in [0.4, 0.5) is 0 Å². The molecule has 3 aromatic rings. The van der Waals surface area contributed by atoms with E-state index < -0.39 is 11.8 Å². The molecule has 164 valence electrons. The number of fused-ring (bicyclic) bond motifs is 1. The number of benzene rings is 2. The summed E-state index contributed by atoms with van der Waals surface area (Å²) in [7, 11) is 0. The van der Waals surface area contributed by atoms with Crippen molar-refractivity contribution in [1.29, 1.82) is 0 Å². The number of likely N-dealkylation sites (tertiary alicyclic amines) is 1. The first-order valence-electron chi connectivity index (χ1n) is 11.1. The first-order chi connectivity index (χ1) is 14.9. The van der Waals surface area contributed by atoms with Gasteiger partial charge in [0.15, 0.2) is 5.58 Å². The standard InChI is InChI=1S/C25H31N3O3/c1-17-12-18(2)15-27(14-17)16-21-10-8-20(9-11-21)13-26-24(29)19(3)28-22-6-4-5-7-23(22)31-25(28)30/h4-11,17-19H,12-16H2,1-3H3,(H,26,29). The fraction of sp³-hybridized carbons (Fsp3) is 0.440. The number of rotatable bonds is 6. The molecule has 3 atom stereocenters. The minimum atomic E-state index is -0.654. The number of para-hydroxylation sites is 2. The maximum absolute atomic E-state index is 12.7. The van der Waals surface area contributed by atoms with Gasteiger partial charge >= 0.3 is 5.76 Å². The molecule has 1 aliphatic heterocycles. The van der Waals surface area contributed by atoms with Gasteiger partial charge in [0.25, 0.3) is 0 Å². The fourth-order valence-corrected chi connectivity index (χ4v) is 4.75. The van der Waals surface area contributed by atoms with Crippen molar-refractivity contribution >= 4 is 17.0 Å². The number of nitrogens with zero attached hydrogens (tertiary/aromatic N) is 2. The molecule has 2 heterocycles. The molecule has 0 saturated carbocycles. The van der Waals surface area contributed by atoms with Gasteiger partial charge in [-0.05, 0) is 48.4 Å². The summed E-state index contributed by atoms with van der Waals surface area (Å²) in [4.78, 5) is 27.4. The molecule has 2 aromatic carbocycles. The van der Waals surface area contributed by atoms with Gasteiger partial charge in [-0.25, -0.2) is 4.79 Å². The van der Waals surface area contributed by atoms with Crippen LogP contribution in [0.3, 0.4) is 0 Å². The molecular weight excluding hydrogens is 390 g/mol. The summed E-state index contributed by atoms with van der Waals surface area (Å²) in [6.45, 7) is 10.1. The van der Waals surface area contributed by atoms with Crippen molar-refractivity contribution in [1.82, 2.24) is 14.8 Å². The quantitative estimate of drug-likeness (QED) is 0.654. The van der Waals surface area contributed by atoms with Crippen LogP contribution in [0.5, 0.6) is 0 Å². The lowest BCUT2D eigenvalue weighted by atomic mass is 9.91. The minimum Gasteiger partial charge on any atom is -0.408 e. The molecule has 6 heteroatoms. The monoisotopic (exact) mass is 421 g/mol. The Bertz CT molecular complexity index is 1090. The molecule has 6 nitrogen and oxygen atoms in total. The Kier molecular flexibility index (Phi) is 6.28. The van der Waals surface area contributed by atoms with E-state index in [1.54, 1.807) is 25.1 Å². The molecule has 1 N–H and O–H groups in total. The molecule has 0 bridgehead atoms. The second-order valence-corrected chi connectivity index (χ2v) is 9.06. The summed E-state index contributed by atoms with van der Waals surface area (Å²) in [6, 6.07) is 14.9. The second-order valence-electron chi connectivity index (χ2n) is 9.06. The highest BCUT2D eigenvalue weighted by molar-refractivity contribution is 5.82. The summed E-state index contributed by atoms with van der Waals surface area (Å²) < 4.78 is 6.64. The molecule has 3 unspecified atom stereocenters. The lowest BCUT2D eigenvalue weighted by Crippen LogP contribution is -2.38. The number of carbonyl (C=O) groups excluding carboxylic acids is 1. The van der Waals surface area contributed by atoms with E-state index in [9.17, 15) is 9.59 Å². The van der Waals surface area contributed by atoms with Crippen molar-refractivity contribution in [2.24, 2.45) is 11.8 Å². The zero-order valence-corrected chi connectivity index (χ0v) is 18.5. The van der Waals surface area contributed by atoms with Crippen LogP contribution >= 0.6 is 0 Å². The number of hydrogen-bond acceptors (Lipinski definition) is 4. The van der Waals surface area contributed by atoms with E-state index in [1.165, 1.54) is 16.6 Å². The van der Waals surface area contributed by atoms with Crippen LogP contribution in [0.25, 0.3) is 11.1 Å². The predicted octanol–water partition coefficient (Wildman–Crippen LogP) is 3.95. The zero-order chi connectivity index (χ0) is 22.0. The van der Waals surface area contributed by atoms with Gasteiger partial charge in [-0.15, -0.1) is 0 Å². The summed E-state index contributed by atoms with van der Waals surface area (Å²) >= 11 is 0. The highest BCUT2D eigenvalue weighted by Gasteiger charge is 2.22. The van der Waals surface area contributed by atoms with Gasteiger partial charge < -0.3 is 9.73 Å². The van der Waals surface area contributed by atoms with Crippen LogP contribution < -0.4 is 11.1 Å². The van der Waals surface area contributed by atoms with Gasteiger partial charge in [0.2, 0.25) is 5.91 Å². The molecule has 1 amide bonds. The maximum Gasteiger partial charge on any atom is 0.420 e. The third kappa shape index (κ3) is 4.90. The number of nitrogens with one attached hydrogen (secondary N) is 1. The van der Waals surface area contributed by atoms with Crippen molar-refractivity contribution in [3.8, 4) is 0 Å². The van der Waals surface area contributed by atoms with E-state index in [-0.39, 0.29) is 5.91 Å². The Morgan fingerprint density at radius 2 is 1.71 bits per heavy atom. The number of oxazole rings is 1. The third-order valence-electron chi connectivity index (χ3n) is 6.13. The lowest BCUT2D eigenvalue weighted by molar-refractivity contribution is -0.124. The Labute approximate surface area is 182 Å². The average molecular weight is 422 g/mol. The molecule has 0 radical (unpaired) electrons. The molecule has 1 aliphatic rings. The van der Waals surface area contributed by atoms with Gasteiger partial charge in [-0.3, -0.25) is 14.3 Å². The van der Waals surface area contributed by atoms with Gasteiger partial charge in [-0.1, -0.05) is 50.2 Å². The van der Waals surface area contributed by atoms with Crippen molar-refractivity contribution in [3.63, 3.8) is 0 Å². The fourth-order valence-electron chi connectivity index (χ4n) is 4.75. The largest absolute Gasteiger partial charge is 0.420 e. The first-order valence-corrected chi connectivity index (χ1v) is 11.1. The van der Waals surface area contributed by atoms with Crippen LogP contribution in [0, 0.1) is 11.8 Å². The van der Waals surface area contributed by atoms with Crippen molar-refractivity contribution in [2.45, 2.75) is 46.3 Å². The second kappa shape index (κ2) is 9.10. The van der Waals surface area contributed by atoms with Crippen LogP contribution in [-0.4, -0.2) is 28.5 Å². The van der Waals surface area contributed by atoms with Gasteiger partial charge in [0.1, 0.15) is 6.04 Å². The lowest BCUT2D eigenvalue weighted by Gasteiger charge is -2.35. The van der Waals surface area contributed by atoms with Gasteiger partial charge in [-0.2, -0.15) is 0 Å². The SMILES string of the molecule is CC1CC(C)CN(Cc2ccc(CNC(=O)C(C)n3c(=O)oc4ccccc43)cc2)C1. The van der Waals surface area contributed by atoms with Crippen molar-refractivity contribution in [2.75, 3.05) is 13.1 Å². The molecule has 1 aromatic heterocycles.